The van der Waals surface area contributed by atoms with E-state index in [2.05, 4.69) is 0 Å². The van der Waals surface area contributed by atoms with Gasteiger partial charge in [0.15, 0.2) is 0 Å². The number of alkyl halides is 3. The third-order valence-electron chi connectivity index (χ3n) is 1.64. The number of hydrogen-bond acceptors (Lipinski definition) is 1. The first-order valence-corrected chi connectivity index (χ1v) is 3.54. The smallest absolute Gasteiger partial charge is 0.330 e. The molecular weight excluding hydrogens is 155 g/mol. The van der Waals surface area contributed by atoms with Gasteiger partial charge in [-0.1, -0.05) is 13.8 Å². The van der Waals surface area contributed by atoms with E-state index in [1.807, 2.05) is 0 Å². The SMILES string of the molecule is CC(C)(CN)CCC(F)(F)F. The molecule has 0 aromatic carbocycles. The monoisotopic (exact) mass is 169 g/mol. The third kappa shape index (κ3) is 6.16. The lowest BCUT2D eigenvalue weighted by atomic mass is 9.88. The molecule has 0 saturated heterocycles. The highest BCUT2D eigenvalue weighted by Gasteiger charge is 2.30. The molecule has 11 heavy (non-hydrogen) atoms. The fourth-order valence-corrected chi connectivity index (χ4v) is 0.582. The van der Waals surface area contributed by atoms with E-state index in [4.69, 9.17) is 5.73 Å². The lowest BCUT2D eigenvalue weighted by Gasteiger charge is -2.22. The molecule has 0 fully saturated rings. The van der Waals surface area contributed by atoms with Gasteiger partial charge in [-0.3, -0.25) is 0 Å². The van der Waals surface area contributed by atoms with Crippen LogP contribution in [0.25, 0.3) is 0 Å². The average Bonchev–Trinajstić information content (AvgIpc) is 1.83. The largest absolute Gasteiger partial charge is 0.389 e. The third-order valence-corrected chi connectivity index (χ3v) is 1.64. The summed E-state index contributed by atoms with van der Waals surface area (Å²) in [4.78, 5) is 0. The Morgan fingerprint density at radius 1 is 1.09 bits per heavy atom. The first kappa shape index (κ1) is 10.8. The molecule has 1 nitrogen and oxygen atoms in total. The van der Waals surface area contributed by atoms with Crippen molar-refractivity contribution in [1.82, 2.24) is 0 Å². The molecule has 0 amide bonds. The van der Waals surface area contributed by atoms with Crippen LogP contribution < -0.4 is 5.73 Å². The summed E-state index contributed by atoms with van der Waals surface area (Å²) >= 11 is 0. The van der Waals surface area contributed by atoms with Crippen molar-refractivity contribution in [2.45, 2.75) is 32.9 Å². The summed E-state index contributed by atoms with van der Waals surface area (Å²) in [5.41, 5.74) is 4.87. The van der Waals surface area contributed by atoms with Crippen molar-refractivity contribution in [1.29, 1.82) is 0 Å². The first-order chi connectivity index (χ1) is 4.77. The van der Waals surface area contributed by atoms with Crippen molar-refractivity contribution in [3.05, 3.63) is 0 Å². The molecule has 0 aliphatic rings. The van der Waals surface area contributed by atoms with Gasteiger partial charge in [0, 0.05) is 6.42 Å². The van der Waals surface area contributed by atoms with Crippen molar-refractivity contribution >= 4 is 0 Å². The van der Waals surface area contributed by atoms with E-state index in [0.29, 0.717) is 6.54 Å². The Morgan fingerprint density at radius 2 is 1.55 bits per heavy atom. The van der Waals surface area contributed by atoms with E-state index in [9.17, 15) is 13.2 Å². The molecule has 0 rings (SSSR count). The molecule has 0 aliphatic heterocycles. The van der Waals surface area contributed by atoms with Crippen molar-refractivity contribution in [3.8, 4) is 0 Å². The molecule has 0 aromatic heterocycles. The summed E-state index contributed by atoms with van der Waals surface area (Å²) in [5, 5.41) is 0. The second-order valence-electron chi connectivity index (χ2n) is 3.48. The molecule has 4 heteroatoms. The summed E-state index contributed by atoms with van der Waals surface area (Å²) in [7, 11) is 0. The minimum absolute atomic E-state index is 0.104. The topological polar surface area (TPSA) is 26.0 Å². The molecule has 0 spiro atoms. The predicted molar refractivity (Wildman–Crippen MR) is 38.1 cm³/mol. The van der Waals surface area contributed by atoms with Gasteiger partial charge in [0.2, 0.25) is 0 Å². The van der Waals surface area contributed by atoms with Crippen LogP contribution >= 0.6 is 0 Å². The summed E-state index contributed by atoms with van der Waals surface area (Å²) in [5.74, 6) is 0. The summed E-state index contributed by atoms with van der Waals surface area (Å²) in [6.07, 6.45) is -4.68. The first-order valence-electron chi connectivity index (χ1n) is 3.54. The average molecular weight is 169 g/mol. The Kier molecular flexibility index (Phi) is 3.35. The predicted octanol–water partition coefficient (Wildman–Crippen LogP) is 2.31. The van der Waals surface area contributed by atoms with E-state index in [-0.39, 0.29) is 6.42 Å². The minimum Gasteiger partial charge on any atom is -0.330 e. The molecule has 0 bridgehead atoms. The van der Waals surface area contributed by atoms with Gasteiger partial charge in [-0.2, -0.15) is 13.2 Å². The molecule has 0 radical (unpaired) electrons. The van der Waals surface area contributed by atoms with Crippen LogP contribution in [0.3, 0.4) is 0 Å². The molecule has 0 aromatic rings. The Morgan fingerprint density at radius 3 is 1.82 bits per heavy atom. The van der Waals surface area contributed by atoms with E-state index in [0.717, 1.165) is 0 Å². The van der Waals surface area contributed by atoms with Gasteiger partial charge in [0.05, 0.1) is 0 Å². The molecule has 0 aliphatic carbocycles. The highest BCUT2D eigenvalue weighted by atomic mass is 19.4. The van der Waals surface area contributed by atoms with Gasteiger partial charge >= 0.3 is 6.18 Å². The number of hydrogen-bond donors (Lipinski definition) is 1. The molecular formula is C7H14F3N. The molecule has 0 atom stereocenters. The van der Waals surface area contributed by atoms with Crippen LogP contribution in [0.1, 0.15) is 26.7 Å². The second kappa shape index (κ2) is 3.43. The van der Waals surface area contributed by atoms with Crippen molar-refractivity contribution < 1.29 is 13.2 Å². The number of halogens is 3. The molecule has 0 unspecified atom stereocenters. The van der Waals surface area contributed by atoms with Gasteiger partial charge < -0.3 is 5.73 Å². The fraction of sp³-hybridized carbons (Fsp3) is 1.00. The lowest BCUT2D eigenvalue weighted by Crippen LogP contribution is -2.25. The van der Waals surface area contributed by atoms with Crippen LogP contribution in [0, 0.1) is 5.41 Å². The van der Waals surface area contributed by atoms with Crippen molar-refractivity contribution in [2.24, 2.45) is 11.1 Å². The Hall–Kier alpha value is -0.250. The standard InChI is InChI=1S/C7H14F3N/c1-6(2,5-11)3-4-7(8,9)10/h3-5,11H2,1-2H3. The number of rotatable bonds is 3. The van der Waals surface area contributed by atoms with Crippen LogP contribution in [0.2, 0.25) is 0 Å². The quantitative estimate of drug-likeness (QED) is 0.689. The van der Waals surface area contributed by atoms with Gasteiger partial charge in [0.25, 0.3) is 0 Å². The maximum atomic E-state index is 11.7. The summed E-state index contributed by atoms with van der Waals surface area (Å²) < 4.78 is 35.0. The van der Waals surface area contributed by atoms with E-state index >= 15 is 0 Å². The Balaban J connectivity index is 3.70. The van der Waals surface area contributed by atoms with Crippen LogP contribution in [-0.2, 0) is 0 Å². The van der Waals surface area contributed by atoms with Gasteiger partial charge in [-0.25, -0.2) is 0 Å². The van der Waals surface area contributed by atoms with Crippen LogP contribution in [0.5, 0.6) is 0 Å². The van der Waals surface area contributed by atoms with Gasteiger partial charge in [-0.05, 0) is 18.4 Å². The summed E-state index contributed by atoms with van der Waals surface area (Å²) in [6, 6.07) is 0. The van der Waals surface area contributed by atoms with E-state index < -0.39 is 18.0 Å². The number of nitrogens with two attached hydrogens (primary N) is 1. The van der Waals surface area contributed by atoms with Crippen molar-refractivity contribution in [3.63, 3.8) is 0 Å². The zero-order valence-electron chi connectivity index (χ0n) is 6.83. The van der Waals surface area contributed by atoms with Crippen LogP contribution in [0.15, 0.2) is 0 Å². The van der Waals surface area contributed by atoms with E-state index in [1.165, 1.54) is 0 Å². The molecule has 68 valence electrons. The highest BCUT2D eigenvalue weighted by Crippen LogP contribution is 2.29. The summed E-state index contributed by atoms with van der Waals surface area (Å²) in [6.45, 7) is 3.76. The zero-order chi connectivity index (χ0) is 9.12. The fourth-order valence-electron chi connectivity index (χ4n) is 0.582. The maximum Gasteiger partial charge on any atom is 0.389 e. The highest BCUT2D eigenvalue weighted by molar-refractivity contribution is 4.70. The zero-order valence-corrected chi connectivity index (χ0v) is 6.83. The van der Waals surface area contributed by atoms with Crippen LogP contribution in [0.4, 0.5) is 13.2 Å². The Bertz CT molecular complexity index is 117. The second-order valence-corrected chi connectivity index (χ2v) is 3.48. The van der Waals surface area contributed by atoms with Crippen molar-refractivity contribution in [2.75, 3.05) is 6.54 Å². The minimum atomic E-state index is -4.05. The molecule has 0 heterocycles. The lowest BCUT2D eigenvalue weighted by molar-refractivity contribution is -0.139. The maximum absolute atomic E-state index is 11.7. The van der Waals surface area contributed by atoms with Gasteiger partial charge in [-0.15, -0.1) is 0 Å². The normalized spacial score (nSPS) is 13.6. The van der Waals surface area contributed by atoms with Gasteiger partial charge in [0.1, 0.15) is 0 Å². The molecule has 0 saturated carbocycles. The molecule has 2 N–H and O–H groups in total. The Labute approximate surface area is 64.8 Å². The van der Waals surface area contributed by atoms with E-state index in [1.54, 1.807) is 13.8 Å². The van der Waals surface area contributed by atoms with Crippen LogP contribution in [-0.4, -0.2) is 12.7 Å².